The van der Waals surface area contributed by atoms with Gasteiger partial charge in [0.1, 0.15) is 30.8 Å². The molecule has 3 rings (SSSR count). The topological polar surface area (TPSA) is 56.3 Å². The highest BCUT2D eigenvalue weighted by Crippen LogP contribution is 2.41. The Morgan fingerprint density at radius 2 is 1.50 bits per heavy atom. The molecule has 180 valence electrons. The lowest BCUT2D eigenvalue weighted by Crippen LogP contribution is -2.43. The molecule has 1 aromatic heterocycles. The fourth-order valence-electron chi connectivity index (χ4n) is 4.99. The minimum Gasteiger partial charge on any atom is -0.497 e. The van der Waals surface area contributed by atoms with E-state index < -0.39 is 8.07 Å². The van der Waals surface area contributed by atoms with Crippen molar-refractivity contribution in [1.29, 1.82) is 0 Å². The molecule has 0 saturated heterocycles. The van der Waals surface area contributed by atoms with Crippen LogP contribution in [0.2, 0.25) is 16.6 Å². The molecule has 0 amide bonds. The smallest absolute Gasteiger partial charge is 0.224 e. The summed E-state index contributed by atoms with van der Waals surface area (Å²) in [5.74, 6) is 5.62. The van der Waals surface area contributed by atoms with Crippen molar-refractivity contribution in [1.82, 2.24) is 9.97 Å². The van der Waals surface area contributed by atoms with Crippen LogP contribution in [-0.2, 0) is 6.54 Å². The van der Waals surface area contributed by atoms with E-state index in [-0.39, 0.29) is 0 Å². The number of nitrogens with one attached hydrogen (secondary N) is 1. The van der Waals surface area contributed by atoms with E-state index in [2.05, 4.69) is 58.3 Å². The van der Waals surface area contributed by atoms with Gasteiger partial charge < -0.3 is 14.8 Å². The Balaban J connectivity index is 2.08. The minimum absolute atomic E-state index is 0.544. The van der Waals surface area contributed by atoms with Gasteiger partial charge in [-0.25, -0.2) is 9.97 Å². The number of hydrogen-bond donors (Lipinski definition) is 1. The summed E-state index contributed by atoms with van der Waals surface area (Å²) in [6.07, 6.45) is 0. The molecule has 0 saturated carbocycles. The SMILES string of the molecule is COc1ccc(CNc2nc(C#C[Si](C(C)C)(C(C)C)C(C)C)c3cccc(OC)c3n2)cc1. The van der Waals surface area contributed by atoms with Crippen LogP contribution in [0.25, 0.3) is 10.9 Å². The Morgan fingerprint density at radius 3 is 2.06 bits per heavy atom. The van der Waals surface area contributed by atoms with Crippen LogP contribution in [0.5, 0.6) is 11.5 Å². The molecule has 2 aromatic carbocycles. The number of benzene rings is 2. The van der Waals surface area contributed by atoms with Crippen molar-refractivity contribution in [3.05, 3.63) is 53.7 Å². The minimum atomic E-state index is -1.90. The van der Waals surface area contributed by atoms with E-state index in [4.69, 9.17) is 19.4 Å². The normalized spacial score (nSPS) is 11.6. The number of nitrogens with zero attached hydrogens (tertiary/aromatic N) is 2. The van der Waals surface area contributed by atoms with Gasteiger partial charge in [0.25, 0.3) is 0 Å². The monoisotopic (exact) mass is 475 g/mol. The molecule has 0 aliphatic heterocycles. The van der Waals surface area contributed by atoms with Crippen LogP contribution in [0.1, 0.15) is 52.8 Å². The van der Waals surface area contributed by atoms with Gasteiger partial charge in [0, 0.05) is 11.9 Å². The van der Waals surface area contributed by atoms with Gasteiger partial charge in [-0.2, -0.15) is 0 Å². The summed E-state index contributed by atoms with van der Waals surface area (Å²) in [6, 6.07) is 13.9. The molecule has 5 nitrogen and oxygen atoms in total. The lowest BCUT2D eigenvalue weighted by molar-refractivity contribution is 0.414. The second-order valence-corrected chi connectivity index (χ2v) is 15.2. The number of methoxy groups -OCH3 is 2. The Bertz CT molecular complexity index is 1160. The van der Waals surface area contributed by atoms with Crippen LogP contribution >= 0.6 is 0 Å². The van der Waals surface area contributed by atoms with Crippen molar-refractivity contribution in [2.45, 2.75) is 64.7 Å². The predicted octanol–water partition coefficient (Wildman–Crippen LogP) is 6.83. The number of aromatic nitrogens is 2. The zero-order chi connectivity index (χ0) is 24.9. The largest absolute Gasteiger partial charge is 0.497 e. The fraction of sp³-hybridized carbons (Fsp3) is 0.429. The first kappa shape index (κ1) is 25.6. The van der Waals surface area contributed by atoms with Gasteiger partial charge in [0.05, 0.1) is 14.2 Å². The molecule has 0 aliphatic rings. The van der Waals surface area contributed by atoms with Crippen LogP contribution in [0.4, 0.5) is 5.95 Å². The Hall–Kier alpha value is -3.04. The van der Waals surface area contributed by atoms with Gasteiger partial charge >= 0.3 is 0 Å². The van der Waals surface area contributed by atoms with Crippen LogP contribution < -0.4 is 14.8 Å². The third-order valence-electron chi connectivity index (χ3n) is 6.78. The summed E-state index contributed by atoms with van der Waals surface area (Å²) in [5.41, 5.74) is 8.10. The highest BCUT2D eigenvalue weighted by Gasteiger charge is 2.41. The molecule has 1 N–H and O–H groups in total. The number of para-hydroxylation sites is 1. The second kappa shape index (κ2) is 10.9. The van der Waals surface area contributed by atoms with Crippen LogP contribution in [0.15, 0.2) is 42.5 Å². The second-order valence-electron chi connectivity index (χ2n) is 9.60. The predicted molar refractivity (Wildman–Crippen MR) is 144 cm³/mol. The molecule has 6 heteroatoms. The maximum absolute atomic E-state index is 5.61. The molecule has 0 unspecified atom stereocenters. The van der Waals surface area contributed by atoms with Crippen molar-refractivity contribution < 1.29 is 9.47 Å². The van der Waals surface area contributed by atoms with Crippen LogP contribution in [0, 0.1) is 11.5 Å². The lowest BCUT2D eigenvalue weighted by Gasteiger charge is -2.38. The molecule has 0 atom stereocenters. The van der Waals surface area contributed by atoms with Gasteiger partial charge in [-0.1, -0.05) is 65.7 Å². The summed E-state index contributed by atoms with van der Waals surface area (Å²) >= 11 is 0. The third kappa shape index (κ3) is 5.20. The average Bonchev–Trinajstić information content (AvgIpc) is 2.82. The van der Waals surface area contributed by atoms with Crippen LogP contribution in [0.3, 0.4) is 0 Å². The zero-order valence-corrected chi connectivity index (χ0v) is 22.7. The van der Waals surface area contributed by atoms with Gasteiger partial charge in [0.2, 0.25) is 5.95 Å². The number of fused-ring (bicyclic) bond motifs is 1. The van der Waals surface area contributed by atoms with E-state index >= 15 is 0 Å². The molecule has 34 heavy (non-hydrogen) atoms. The van der Waals surface area contributed by atoms with Gasteiger partial charge in [0.15, 0.2) is 0 Å². The number of ether oxygens (including phenoxy) is 2. The van der Waals surface area contributed by atoms with E-state index in [1.54, 1.807) is 14.2 Å². The van der Waals surface area contributed by atoms with Crippen molar-refractivity contribution in [2.75, 3.05) is 19.5 Å². The average molecular weight is 476 g/mol. The molecular formula is C28H37N3O2Si. The van der Waals surface area contributed by atoms with Crippen molar-refractivity contribution in [3.8, 4) is 23.0 Å². The fourth-order valence-corrected chi connectivity index (χ4v) is 10.2. The molecule has 1 heterocycles. The quantitative estimate of drug-likeness (QED) is 0.286. The summed E-state index contributed by atoms with van der Waals surface area (Å²) in [6.45, 7) is 14.5. The highest BCUT2D eigenvalue weighted by atomic mass is 28.3. The van der Waals surface area contributed by atoms with E-state index in [1.165, 1.54) is 0 Å². The maximum Gasteiger partial charge on any atom is 0.224 e. The maximum atomic E-state index is 5.61. The van der Waals surface area contributed by atoms with Crippen molar-refractivity contribution >= 4 is 24.9 Å². The molecule has 0 aliphatic carbocycles. The van der Waals surface area contributed by atoms with E-state index in [9.17, 15) is 0 Å². The Labute approximate surface area is 205 Å². The van der Waals surface area contributed by atoms with Crippen LogP contribution in [-0.4, -0.2) is 32.3 Å². The first-order chi connectivity index (χ1) is 16.2. The summed E-state index contributed by atoms with van der Waals surface area (Å²) in [7, 11) is 1.43. The zero-order valence-electron chi connectivity index (χ0n) is 21.7. The Kier molecular flexibility index (Phi) is 8.22. The van der Waals surface area contributed by atoms with E-state index in [1.807, 2.05) is 42.5 Å². The molecule has 3 aromatic rings. The molecule has 0 bridgehead atoms. The molecule has 0 fully saturated rings. The molecule has 0 spiro atoms. The lowest BCUT2D eigenvalue weighted by atomic mass is 10.2. The van der Waals surface area contributed by atoms with Crippen molar-refractivity contribution in [3.63, 3.8) is 0 Å². The number of anilines is 1. The van der Waals surface area contributed by atoms with E-state index in [0.29, 0.717) is 29.1 Å². The molecule has 0 radical (unpaired) electrons. The third-order valence-corrected chi connectivity index (χ3v) is 13.1. The number of hydrogen-bond acceptors (Lipinski definition) is 5. The van der Waals surface area contributed by atoms with Gasteiger partial charge in [-0.05, 0) is 46.5 Å². The standard InChI is InChI=1S/C28H37N3O2Si/c1-19(2)34(20(3)4,21(5)6)17-16-25-24-10-9-11-26(33-8)27(24)31-28(30-25)29-18-22-12-14-23(32-7)15-13-22/h9-15,19-21H,18H2,1-8H3,(H,29,30,31). The number of rotatable bonds is 8. The van der Waals surface area contributed by atoms with Gasteiger partial charge in [-0.3, -0.25) is 0 Å². The molecular weight excluding hydrogens is 438 g/mol. The van der Waals surface area contributed by atoms with E-state index in [0.717, 1.165) is 33.7 Å². The summed E-state index contributed by atoms with van der Waals surface area (Å²) in [4.78, 5) is 9.63. The van der Waals surface area contributed by atoms with Crippen molar-refractivity contribution in [2.24, 2.45) is 0 Å². The summed E-state index contributed by atoms with van der Waals surface area (Å²) < 4.78 is 10.9. The Morgan fingerprint density at radius 1 is 0.853 bits per heavy atom. The first-order valence-electron chi connectivity index (χ1n) is 12.0. The highest BCUT2D eigenvalue weighted by molar-refractivity contribution is 6.90. The van der Waals surface area contributed by atoms with Gasteiger partial charge in [-0.15, -0.1) is 5.54 Å². The first-order valence-corrected chi connectivity index (χ1v) is 14.2. The summed E-state index contributed by atoms with van der Waals surface area (Å²) in [5, 5.41) is 4.29.